The van der Waals surface area contributed by atoms with E-state index in [-0.39, 0.29) is 0 Å². The predicted octanol–water partition coefficient (Wildman–Crippen LogP) is 2.66. The van der Waals surface area contributed by atoms with Crippen molar-refractivity contribution < 1.29 is 4.74 Å². The highest BCUT2D eigenvalue weighted by Crippen LogP contribution is 2.13. The van der Waals surface area contributed by atoms with E-state index in [1.165, 1.54) is 51.0 Å². The first-order valence-electron chi connectivity index (χ1n) is 7.82. The first-order valence-corrected chi connectivity index (χ1v) is 7.82. The molecule has 1 aromatic carbocycles. The molecule has 112 valence electrons. The quantitative estimate of drug-likeness (QED) is 0.761. The number of likely N-dealkylation sites (N-methyl/N-ethyl adjacent to an activating group) is 1. The summed E-state index contributed by atoms with van der Waals surface area (Å²) in [6.45, 7) is 6.09. The summed E-state index contributed by atoms with van der Waals surface area (Å²) in [6.07, 6.45) is 5.27. The maximum Gasteiger partial charge on any atom is 0.119 e. The highest BCUT2D eigenvalue weighted by molar-refractivity contribution is 5.28. The van der Waals surface area contributed by atoms with Crippen LogP contribution in [-0.4, -0.2) is 56.7 Å². The Labute approximate surface area is 123 Å². The van der Waals surface area contributed by atoms with E-state index >= 15 is 0 Å². The van der Waals surface area contributed by atoms with Crippen LogP contribution in [0.15, 0.2) is 24.3 Å². The average molecular weight is 276 g/mol. The summed E-state index contributed by atoms with van der Waals surface area (Å²) in [4.78, 5) is 5.04. The monoisotopic (exact) mass is 276 g/mol. The smallest absolute Gasteiger partial charge is 0.119 e. The molecule has 1 saturated heterocycles. The van der Waals surface area contributed by atoms with Gasteiger partial charge in [-0.3, -0.25) is 0 Å². The van der Waals surface area contributed by atoms with Crippen molar-refractivity contribution in [1.29, 1.82) is 0 Å². The van der Waals surface area contributed by atoms with Gasteiger partial charge < -0.3 is 14.5 Å². The minimum atomic E-state index is 0.957. The molecule has 1 aliphatic rings. The second-order valence-corrected chi connectivity index (χ2v) is 5.81. The van der Waals surface area contributed by atoms with E-state index in [1.54, 1.807) is 7.11 Å². The Morgan fingerprint density at radius 1 is 1.15 bits per heavy atom. The van der Waals surface area contributed by atoms with Gasteiger partial charge in [0.05, 0.1) is 7.11 Å². The van der Waals surface area contributed by atoms with Crippen molar-refractivity contribution in [3.63, 3.8) is 0 Å². The molecule has 1 aliphatic heterocycles. The molecule has 0 bridgehead atoms. The minimum Gasteiger partial charge on any atom is -0.497 e. The summed E-state index contributed by atoms with van der Waals surface area (Å²) < 4.78 is 5.27. The van der Waals surface area contributed by atoms with Crippen molar-refractivity contribution in [3.05, 3.63) is 29.8 Å². The van der Waals surface area contributed by atoms with Crippen LogP contribution in [-0.2, 0) is 6.42 Å². The topological polar surface area (TPSA) is 15.7 Å². The van der Waals surface area contributed by atoms with Gasteiger partial charge in [-0.25, -0.2) is 0 Å². The number of hydrogen-bond donors (Lipinski definition) is 0. The standard InChI is InChI=1S/C17H28N2O/c1-18(13-14-19-10-4-3-5-11-19)12-9-16-7-6-8-17(15-16)20-2/h6-8,15H,3-5,9-14H2,1-2H3. The molecule has 0 spiro atoms. The summed E-state index contributed by atoms with van der Waals surface area (Å²) in [5.74, 6) is 0.957. The third kappa shape index (κ3) is 5.14. The first-order chi connectivity index (χ1) is 9.78. The molecule has 20 heavy (non-hydrogen) atoms. The van der Waals surface area contributed by atoms with Gasteiger partial charge in [-0.2, -0.15) is 0 Å². The Morgan fingerprint density at radius 3 is 2.70 bits per heavy atom. The van der Waals surface area contributed by atoms with E-state index in [0.29, 0.717) is 0 Å². The largest absolute Gasteiger partial charge is 0.497 e. The van der Waals surface area contributed by atoms with Crippen molar-refractivity contribution in [1.82, 2.24) is 9.80 Å². The highest BCUT2D eigenvalue weighted by atomic mass is 16.5. The van der Waals surface area contributed by atoms with Crippen molar-refractivity contribution in [2.45, 2.75) is 25.7 Å². The molecule has 1 aromatic rings. The number of ether oxygens (including phenoxy) is 1. The average Bonchev–Trinajstić information content (AvgIpc) is 2.52. The Hall–Kier alpha value is -1.06. The molecule has 1 heterocycles. The van der Waals surface area contributed by atoms with Crippen LogP contribution in [0.25, 0.3) is 0 Å². The zero-order valence-corrected chi connectivity index (χ0v) is 13.0. The lowest BCUT2D eigenvalue weighted by molar-refractivity contribution is 0.197. The van der Waals surface area contributed by atoms with E-state index in [9.17, 15) is 0 Å². The van der Waals surface area contributed by atoms with Crippen molar-refractivity contribution >= 4 is 0 Å². The van der Waals surface area contributed by atoms with E-state index in [1.807, 2.05) is 6.07 Å². The molecule has 0 aromatic heterocycles. The van der Waals surface area contributed by atoms with Gasteiger partial charge in [-0.15, -0.1) is 0 Å². The van der Waals surface area contributed by atoms with Crippen molar-refractivity contribution in [3.8, 4) is 5.75 Å². The maximum atomic E-state index is 5.27. The van der Waals surface area contributed by atoms with Crippen LogP contribution in [0.1, 0.15) is 24.8 Å². The summed E-state index contributed by atoms with van der Waals surface area (Å²) in [5.41, 5.74) is 1.36. The SMILES string of the molecule is COc1cccc(CCN(C)CCN2CCCCC2)c1. The second-order valence-electron chi connectivity index (χ2n) is 5.81. The van der Waals surface area contributed by atoms with Crippen LogP contribution < -0.4 is 4.74 Å². The molecule has 2 rings (SSSR count). The molecule has 0 N–H and O–H groups in total. The van der Waals surface area contributed by atoms with Crippen LogP contribution >= 0.6 is 0 Å². The number of likely N-dealkylation sites (tertiary alicyclic amines) is 1. The fraction of sp³-hybridized carbons (Fsp3) is 0.647. The van der Waals surface area contributed by atoms with Crippen LogP contribution in [0.3, 0.4) is 0 Å². The Morgan fingerprint density at radius 2 is 1.95 bits per heavy atom. The molecule has 3 heteroatoms. The molecule has 0 aliphatic carbocycles. The molecule has 0 unspecified atom stereocenters. The minimum absolute atomic E-state index is 0.957. The van der Waals surface area contributed by atoms with Gasteiger partial charge in [-0.1, -0.05) is 18.6 Å². The number of nitrogens with zero attached hydrogens (tertiary/aromatic N) is 2. The third-order valence-corrected chi connectivity index (χ3v) is 4.16. The Balaban J connectivity index is 1.67. The van der Waals surface area contributed by atoms with Crippen LogP contribution in [0, 0.1) is 0 Å². The third-order valence-electron chi connectivity index (χ3n) is 4.16. The lowest BCUT2D eigenvalue weighted by atomic mass is 10.1. The normalized spacial score (nSPS) is 16.6. The Kier molecular flexibility index (Phi) is 6.34. The fourth-order valence-corrected chi connectivity index (χ4v) is 2.75. The predicted molar refractivity (Wildman–Crippen MR) is 84.5 cm³/mol. The van der Waals surface area contributed by atoms with E-state index in [4.69, 9.17) is 4.74 Å². The van der Waals surface area contributed by atoms with Gasteiger partial charge in [0.15, 0.2) is 0 Å². The maximum absolute atomic E-state index is 5.27. The van der Waals surface area contributed by atoms with Crippen molar-refractivity contribution in [2.24, 2.45) is 0 Å². The Bertz CT molecular complexity index is 388. The molecule has 0 amide bonds. The summed E-state index contributed by atoms with van der Waals surface area (Å²) in [7, 11) is 3.95. The van der Waals surface area contributed by atoms with Gasteiger partial charge in [0.2, 0.25) is 0 Å². The van der Waals surface area contributed by atoms with Crippen LogP contribution in [0.4, 0.5) is 0 Å². The highest BCUT2D eigenvalue weighted by Gasteiger charge is 2.10. The number of benzene rings is 1. The molecule has 1 fully saturated rings. The molecular weight excluding hydrogens is 248 g/mol. The fourth-order valence-electron chi connectivity index (χ4n) is 2.75. The number of rotatable bonds is 7. The van der Waals surface area contributed by atoms with E-state index in [2.05, 4.69) is 35.0 Å². The first kappa shape index (κ1) is 15.3. The molecular formula is C17H28N2O. The summed E-state index contributed by atoms with van der Waals surface area (Å²) >= 11 is 0. The van der Waals surface area contributed by atoms with Gasteiger partial charge in [-0.05, 0) is 57.1 Å². The lowest BCUT2D eigenvalue weighted by Gasteiger charge is -2.28. The van der Waals surface area contributed by atoms with Crippen LogP contribution in [0.2, 0.25) is 0 Å². The number of piperidine rings is 1. The van der Waals surface area contributed by atoms with Gasteiger partial charge in [0, 0.05) is 19.6 Å². The van der Waals surface area contributed by atoms with Crippen LogP contribution in [0.5, 0.6) is 5.75 Å². The zero-order valence-electron chi connectivity index (χ0n) is 13.0. The lowest BCUT2D eigenvalue weighted by Crippen LogP contribution is -2.37. The van der Waals surface area contributed by atoms with Crippen molar-refractivity contribution in [2.75, 3.05) is 46.9 Å². The molecule has 0 saturated carbocycles. The number of methoxy groups -OCH3 is 1. The molecule has 0 atom stereocenters. The summed E-state index contributed by atoms with van der Waals surface area (Å²) in [6, 6.07) is 8.39. The van der Waals surface area contributed by atoms with Gasteiger partial charge in [0.25, 0.3) is 0 Å². The van der Waals surface area contributed by atoms with E-state index in [0.717, 1.165) is 18.7 Å². The van der Waals surface area contributed by atoms with Gasteiger partial charge in [0.1, 0.15) is 5.75 Å². The second kappa shape index (κ2) is 8.28. The number of hydrogen-bond acceptors (Lipinski definition) is 3. The van der Waals surface area contributed by atoms with E-state index < -0.39 is 0 Å². The zero-order chi connectivity index (χ0) is 14.2. The molecule has 3 nitrogen and oxygen atoms in total. The summed E-state index contributed by atoms with van der Waals surface area (Å²) in [5, 5.41) is 0. The molecule has 0 radical (unpaired) electrons. The van der Waals surface area contributed by atoms with Gasteiger partial charge >= 0.3 is 0 Å².